The third kappa shape index (κ3) is 3.25. The number of thiocarbonyl (C=S) groups is 1. The molecule has 0 aliphatic carbocycles. The van der Waals surface area contributed by atoms with Crippen LogP contribution in [0.25, 0.3) is 5.69 Å². The number of pyridine rings is 2. The molecule has 1 aliphatic heterocycles. The van der Waals surface area contributed by atoms with E-state index < -0.39 is 0 Å². The number of benzene rings is 1. The van der Waals surface area contributed by atoms with E-state index in [2.05, 4.69) is 80.3 Å². The molecule has 1 saturated heterocycles. The first-order valence-corrected chi connectivity index (χ1v) is 10.3. The zero-order valence-corrected chi connectivity index (χ0v) is 17.3. The highest BCUT2D eigenvalue weighted by Crippen LogP contribution is 2.42. The standard InChI is InChI=1S/C24H21N5S/c1-17-7-4-8-18(15-17)29-23(22(27-24(29)30)20-10-2-3-13-26-20)21-11-6-14-28(21)19-9-5-12-25-16-19/h2-16,22-23H,1H3,(H,27,30)/t22-,23+/m0/s1. The molecule has 1 aromatic carbocycles. The van der Waals surface area contributed by atoms with Gasteiger partial charge in [0.1, 0.15) is 6.04 Å². The number of aryl methyl sites for hydroxylation is 1. The van der Waals surface area contributed by atoms with Gasteiger partial charge in [0.2, 0.25) is 0 Å². The Balaban J connectivity index is 1.68. The number of rotatable bonds is 4. The minimum Gasteiger partial charge on any atom is -0.351 e. The Labute approximate surface area is 181 Å². The lowest BCUT2D eigenvalue weighted by Gasteiger charge is -2.29. The molecule has 148 valence electrons. The van der Waals surface area contributed by atoms with Gasteiger partial charge in [-0.05, 0) is 73.2 Å². The fraction of sp³-hybridized carbons (Fsp3) is 0.125. The van der Waals surface area contributed by atoms with E-state index in [0.717, 1.165) is 22.8 Å². The highest BCUT2D eigenvalue weighted by atomic mass is 32.1. The zero-order chi connectivity index (χ0) is 20.5. The van der Waals surface area contributed by atoms with E-state index in [1.807, 2.05) is 36.7 Å². The van der Waals surface area contributed by atoms with Crippen molar-refractivity contribution in [3.05, 3.63) is 108 Å². The Morgan fingerprint density at radius 2 is 1.83 bits per heavy atom. The highest BCUT2D eigenvalue weighted by Gasteiger charge is 2.42. The molecule has 5 nitrogen and oxygen atoms in total. The third-order valence-corrected chi connectivity index (χ3v) is 5.70. The first-order chi connectivity index (χ1) is 14.7. The smallest absolute Gasteiger partial charge is 0.174 e. The molecule has 2 atom stereocenters. The van der Waals surface area contributed by atoms with Crippen molar-refractivity contribution in [2.24, 2.45) is 0 Å². The van der Waals surface area contributed by atoms with Gasteiger partial charge in [-0.25, -0.2) is 0 Å². The lowest BCUT2D eigenvalue weighted by atomic mass is 10.0. The van der Waals surface area contributed by atoms with Gasteiger partial charge >= 0.3 is 0 Å². The summed E-state index contributed by atoms with van der Waals surface area (Å²) in [4.78, 5) is 11.1. The second-order valence-electron chi connectivity index (χ2n) is 7.35. The monoisotopic (exact) mass is 411 g/mol. The number of aromatic nitrogens is 3. The van der Waals surface area contributed by atoms with Crippen LogP contribution < -0.4 is 10.2 Å². The normalized spacial score (nSPS) is 18.4. The number of nitrogens with zero attached hydrogens (tertiary/aromatic N) is 4. The van der Waals surface area contributed by atoms with Crippen molar-refractivity contribution < 1.29 is 0 Å². The summed E-state index contributed by atoms with van der Waals surface area (Å²) in [5.74, 6) is 0. The number of anilines is 1. The van der Waals surface area contributed by atoms with E-state index >= 15 is 0 Å². The molecule has 0 saturated carbocycles. The quantitative estimate of drug-likeness (QED) is 0.491. The summed E-state index contributed by atoms with van der Waals surface area (Å²) < 4.78 is 2.17. The Kier molecular flexibility index (Phi) is 4.77. The molecule has 1 aliphatic rings. The molecule has 0 unspecified atom stereocenters. The topological polar surface area (TPSA) is 46.0 Å². The van der Waals surface area contributed by atoms with Gasteiger partial charge < -0.3 is 14.8 Å². The minimum absolute atomic E-state index is 0.0654. The molecule has 4 aromatic rings. The number of nitrogens with one attached hydrogen (secondary N) is 1. The van der Waals surface area contributed by atoms with Crippen LogP contribution >= 0.6 is 12.2 Å². The van der Waals surface area contributed by atoms with Crippen LogP contribution in [-0.2, 0) is 0 Å². The molecule has 1 N–H and O–H groups in total. The number of hydrogen-bond donors (Lipinski definition) is 1. The maximum absolute atomic E-state index is 5.82. The van der Waals surface area contributed by atoms with Crippen LogP contribution in [0.3, 0.4) is 0 Å². The van der Waals surface area contributed by atoms with Crippen LogP contribution in [0.5, 0.6) is 0 Å². The van der Waals surface area contributed by atoms with E-state index in [-0.39, 0.29) is 12.1 Å². The van der Waals surface area contributed by atoms with Crippen molar-refractivity contribution in [3.63, 3.8) is 0 Å². The molecule has 6 heteroatoms. The summed E-state index contributed by atoms with van der Waals surface area (Å²) in [6.07, 6.45) is 7.55. The van der Waals surface area contributed by atoms with Gasteiger partial charge in [-0.2, -0.15) is 0 Å². The van der Waals surface area contributed by atoms with Gasteiger partial charge in [0.15, 0.2) is 5.11 Å². The van der Waals surface area contributed by atoms with E-state index in [0.29, 0.717) is 5.11 Å². The van der Waals surface area contributed by atoms with Gasteiger partial charge in [-0.1, -0.05) is 18.2 Å². The maximum atomic E-state index is 5.82. The van der Waals surface area contributed by atoms with E-state index in [9.17, 15) is 0 Å². The highest BCUT2D eigenvalue weighted by molar-refractivity contribution is 7.80. The maximum Gasteiger partial charge on any atom is 0.174 e. The molecule has 0 radical (unpaired) electrons. The van der Waals surface area contributed by atoms with Crippen LogP contribution in [0.1, 0.15) is 29.0 Å². The fourth-order valence-electron chi connectivity index (χ4n) is 4.08. The van der Waals surface area contributed by atoms with Crippen LogP contribution in [-0.4, -0.2) is 19.6 Å². The van der Waals surface area contributed by atoms with E-state index in [1.54, 1.807) is 6.20 Å². The Hall–Kier alpha value is -3.51. The SMILES string of the molecule is Cc1cccc(N2C(=S)N[C@@H](c3ccccn3)[C@H]2c2cccn2-c2cccnc2)c1. The summed E-state index contributed by atoms with van der Waals surface area (Å²) in [6, 6.07) is 22.5. The third-order valence-electron chi connectivity index (χ3n) is 5.39. The lowest BCUT2D eigenvalue weighted by molar-refractivity contribution is 0.549. The van der Waals surface area contributed by atoms with Crippen molar-refractivity contribution >= 4 is 23.0 Å². The van der Waals surface area contributed by atoms with Crippen LogP contribution in [0.15, 0.2) is 91.5 Å². The summed E-state index contributed by atoms with van der Waals surface area (Å²) in [5, 5.41) is 4.22. The minimum atomic E-state index is -0.0791. The van der Waals surface area contributed by atoms with Crippen molar-refractivity contribution in [1.82, 2.24) is 19.9 Å². The second kappa shape index (κ2) is 7.72. The first-order valence-electron chi connectivity index (χ1n) is 9.87. The van der Waals surface area contributed by atoms with Gasteiger partial charge in [-0.15, -0.1) is 0 Å². The van der Waals surface area contributed by atoms with E-state index in [1.165, 1.54) is 5.56 Å². The Morgan fingerprint density at radius 1 is 0.933 bits per heavy atom. The van der Waals surface area contributed by atoms with Crippen LogP contribution in [0, 0.1) is 6.92 Å². The fourth-order valence-corrected chi connectivity index (χ4v) is 4.42. The molecule has 0 amide bonds. The molecule has 1 fully saturated rings. The molecular formula is C24H21N5S. The van der Waals surface area contributed by atoms with Crippen LogP contribution in [0.2, 0.25) is 0 Å². The average Bonchev–Trinajstić information content (AvgIpc) is 3.39. The molecule has 3 aromatic heterocycles. The summed E-state index contributed by atoms with van der Waals surface area (Å²) in [7, 11) is 0. The van der Waals surface area contributed by atoms with Gasteiger partial charge in [0.05, 0.1) is 23.6 Å². The molecular weight excluding hydrogens is 390 g/mol. The van der Waals surface area contributed by atoms with Crippen molar-refractivity contribution in [2.75, 3.05) is 4.90 Å². The van der Waals surface area contributed by atoms with Gasteiger partial charge in [-0.3, -0.25) is 9.97 Å². The molecule has 4 heterocycles. The summed E-state index contributed by atoms with van der Waals surface area (Å²) in [6.45, 7) is 2.10. The van der Waals surface area contributed by atoms with Crippen molar-refractivity contribution in [3.8, 4) is 5.69 Å². The Morgan fingerprint density at radius 3 is 2.60 bits per heavy atom. The molecule has 0 spiro atoms. The van der Waals surface area contributed by atoms with Crippen LogP contribution in [0.4, 0.5) is 5.69 Å². The number of hydrogen-bond acceptors (Lipinski definition) is 3. The molecule has 0 bridgehead atoms. The Bertz CT molecular complexity index is 1170. The summed E-state index contributed by atoms with van der Waals surface area (Å²) >= 11 is 5.82. The summed E-state index contributed by atoms with van der Waals surface area (Å²) in [5.41, 5.74) is 5.35. The average molecular weight is 412 g/mol. The first kappa shape index (κ1) is 18.5. The van der Waals surface area contributed by atoms with Gasteiger partial charge in [0.25, 0.3) is 0 Å². The molecule has 30 heavy (non-hydrogen) atoms. The second-order valence-corrected chi connectivity index (χ2v) is 7.74. The van der Waals surface area contributed by atoms with E-state index in [4.69, 9.17) is 12.2 Å². The predicted molar refractivity (Wildman–Crippen MR) is 123 cm³/mol. The predicted octanol–water partition coefficient (Wildman–Crippen LogP) is 4.75. The molecule has 5 rings (SSSR count). The van der Waals surface area contributed by atoms with Crippen molar-refractivity contribution in [1.29, 1.82) is 0 Å². The lowest BCUT2D eigenvalue weighted by Crippen LogP contribution is -2.30. The van der Waals surface area contributed by atoms with Crippen molar-refractivity contribution in [2.45, 2.75) is 19.0 Å². The zero-order valence-electron chi connectivity index (χ0n) is 16.5. The largest absolute Gasteiger partial charge is 0.351 e. The van der Waals surface area contributed by atoms with Gasteiger partial charge in [0, 0.05) is 30.0 Å².